The highest BCUT2D eigenvalue weighted by Crippen LogP contribution is 2.30. The number of unbranched alkanes of at least 4 members (excludes halogenated alkanes) is 1. The van der Waals surface area contributed by atoms with Crippen molar-refractivity contribution < 1.29 is 76.0 Å². The van der Waals surface area contributed by atoms with Crippen molar-refractivity contribution in [3.05, 3.63) is 41.5 Å². The number of nitrogens with one attached hydrogen (secondary N) is 1. The first-order valence-electron chi connectivity index (χ1n) is 17.6. The lowest BCUT2D eigenvalue weighted by Gasteiger charge is -2.35. The Morgan fingerprint density at radius 2 is 1.73 bits per heavy atom. The predicted molar refractivity (Wildman–Crippen MR) is 187 cm³/mol. The number of likely N-dealkylation sites (tertiary alicyclic amines) is 1. The van der Waals surface area contributed by atoms with Gasteiger partial charge in [-0.25, -0.2) is 4.79 Å². The molecule has 2 fully saturated rings. The third kappa shape index (κ3) is 12.0. The minimum atomic E-state index is -4.30. The fourth-order valence-electron chi connectivity index (χ4n) is 6.00. The molecule has 0 bridgehead atoms. The van der Waals surface area contributed by atoms with Gasteiger partial charge in [0, 0.05) is 37.1 Å². The number of aryl methyl sites for hydroxylation is 1. The van der Waals surface area contributed by atoms with Gasteiger partial charge in [0.15, 0.2) is 6.10 Å². The van der Waals surface area contributed by atoms with Crippen molar-refractivity contribution in [2.24, 2.45) is 5.41 Å². The van der Waals surface area contributed by atoms with Gasteiger partial charge in [0.25, 0.3) is 21.9 Å². The number of carboxylic acids is 1. The third-order valence-electron chi connectivity index (χ3n) is 9.03. The standard InChI is InChI=1S/C35H47N3O16S/c1-35(2,3)34(47)52-18-21-8-7-20(14-25(21)53-33-30(43)24(39)16-26(54-33)32(45)46)6-4-5-11-36-27(40)17-37-22(19-51-12-13-55(48,49)50)15-23(31(37)44)38-28(41)9-10-29(38)42/h7-10,14,22-24,26,30,33,39,43H,4-6,11-13,15-19H2,1-3H3,(H,36,40)(H,45,46)(H,48,49,50)/t22-,23-,24?,26?,30+,33?/m0/s1. The van der Waals surface area contributed by atoms with Crippen LogP contribution in [0, 0.1) is 5.41 Å². The fraction of sp³-hybridized carbons (Fsp3) is 0.600. The van der Waals surface area contributed by atoms with Gasteiger partial charge in [-0.15, -0.1) is 0 Å². The molecule has 55 heavy (non-hydrogen) atoms. The molecule has 0 saturated carbocycles. The number of nitrogens with zero attached hydrogens (tertiary/aromatic N) is 2. The summed E-state index contributed by atoms with van der Waals surface area (Å²) in [5.41, 5.74) is 0.339. The van der Waals surface area contributed by atoms with Gasteiger partial charge in [-0.05, 0) is 51.7 Å². The van der Waals surface area contributed by atoms with Crippen LogP contribution in [0.1, 0.15) is 57.6 Å². The number of benzene rings is 1. The highest BCUT2D eigenvalue weighted by atomic mass is 32.2. The molecule has 6 atom stereocenters. The van der Waals surface area contributed by atoms with Crippen molar-refractivity contribution in [2.75, 3.05) is 32.1 Å². The molecule has 5 N–H and O–H groups in total. The SMILES string of the molecule is CC(C)(C)C(=O)OCc1ccc(CCCCNC(=O)CN2C(=O)[C@@H](N3C(=O)C=CC3=O)C[C@H]2COCCS(=O)(=O)O)cc1OC1OC(C(=O)O)CC(O)[C@H]1O. The number of rotatable bonds is 18. The maximum Gasteiger partial charge on any atom is 0.333 e. The number of aliphatic hydroxyl groups excluding tert-OH is 2. The van der Waals surface area contributed by atoms with Crippen molar-refractivity contribution >= 4 is 45.7 Å². The van der Waals surface area contributed by atoms with Gasteiger partial charge in [0.2, 0.25) is 18.1 Å². The maximum absolute atomic E-state index is 13.3. The van der Waals surface area contributed by atoms with Crippen LogP contribution in [-0.2, 0) is 66.1 Å². The van der Waals surface area contributed by atoms with Gasteiger partial charge in [-0.3, -0.25) is 33.4 Å². The Labute approximate surface area is 317 Å². The molecule has 0 aliphatic carbocycles. The summed E-state index contributed by atoms with van der Waals surface area (Å²) in [7, 11) is -4.30. The lowest BCUT2D eigenvalue weighted by Crippen LogP contribution is -2.52. The number of carbonyl (C=O) groups is 6. The van der Waals surface area contributed by atoms with Crippen LogP contribution in [0.15, 0.2) is 30.4 Å². The van der Waals surface area contributed by atoms with Crippen LogP contribution in [0.5, 0.6) is 5.75 Å². The molecule has 0 aromatic heterocycles. The maximum atomic E-state index is 13.3. The second kappa shape index (κ2) is 18.4. The Kier molecular flexibility index (Phi) is 14.5. The first-order chi connectivity index (χ1) is 25.7. The summed E-state index contributed by atoms with van der Waals surface area (Å²) in [6.45, 7) is 4.02. The van der Waals surface area contributed by atoms with Crippen LogP contribution in [0.25, 0.3) is 0 Å². The topological polar surface area (TPSA) is 273 Å². The largest absolute Gasteiger partial charge is 0.479 e. The average Bonchev–Trinajstić information content (AvgIpc) is 3.58. The Morgan fingerprint density at radius 1 is 1.04 bits per heavy atom. The Bertz CT molecular complexity index is 1740. The van der Waals surface area contributed by atoms with Crippen molar-refractivity contribution in [2.45, 2.75) is 96.2 Å². The molecule has 1 aromatic carbocycles. The van der Waals surface area contributed by atoms with Gasteiger partial charge in [-0.1, -0.05) is 12.1 Å². The Morgan fingerprint density at radius 3 is 2.36 bits per heavy atom. The number of carbonyl (C=O) groups excluding carboxylic acids is 5. The van der Waals surface area contributed by atoms with Crippen molar-refractivity contribution in [1.82, 2.24) is 15.1 Å². The molecular formula is C35H47N3O16S. The number of imide groups is 1. The quantitative estimate of drug-likeness (QED) is 0.0533. The lowest BCUT2D eigenvalue weighted by molar-refractivity contribution is -0.238. The molecule has 0 spiro atoms. The highest BCUT2D eigenvalue weighted by Gasteiger charge is 2.47. The number of carboxylic acid groups (broad SMARTS) is 1. The van der Waals surface area contributed by atoms with Crippen LogP contribution < -0.4 is 10.1 Å². The van der Waals surface area contributed by atoms with Gasteiger partial charge in [-0.2, -0.15) is 8.42 Å². The monoisotopic (exact) mass is 797 g/mol. The number of esters is 1. The molecule has 19 nitrogen and oxygen atoms in total. The number of amides is 4. The summed E-state index contributed by atoms with van der Waals surface area (Å²) in [5.74, 6) is -4.93. The van der Waals surface area contributed by atoms with E-state index in [0.29, 0.717) is 24.8 Å². The fourth-order valence-corrected chi connectivity index (χ4v) is 6.32. The molecular weight excluding hydrogens is 750 g/mol. The summed E-state index contributed by atoms with van der Waals surface area (Å²) < 4.78 is 53.1. The predicted octanol–water partition coefficient (Wildman–Crippen LogP) is -0.686. The Hall–Kier alpha value is -4.47. The summed E-state index contributed by atoms with van der Waals surface area (Å²) >= 11 is 0. The van der Waals surface area contributed by atoms with Crippen molar-refractivity contribution in [1.29, 1.82) is 0 Å². The zero-order chi connectivity index (χ0) is 40.7. The van der Waals surface area contributed by atoms with Crippen LogP contribution in [0.3, 0.4) is 0 Å². The molecule has 304 valence electrons. The van der Waals surface area contributed by atoms with E-state index in [1.807, 2.05) is 0 Å². The number of hydrogen-bond donors (Lipinski definition) is 5. The molecule has 4 amide bonds. The van der Waals surface area contributed by atoms with Crippen molar-refractivity contribution in [3.8, 4) is 5.75 Å². The van der Waals surface area contributed by atoms with E-state index in [2.05, 4.69) is 5.32 Å². The van der Waals surface area contributed by atoms with Gasteiger partial charge >= 0.3 is 11.9 Å². The molecule has 3 unspecified atom stereocenters. The third-order valence-corrected chi connectivity index (χ3v) is 9.71. The van der Waals surface area contributed by atoms with Crippen LogP contribution in [0.4, 0.5) is 0 Å². The lowest BCUT2D eigenvalue weighted by atomic mass is 9.97. The van der Waals surface area contributed by atoms with E-state index in [9.17, 15) is 52.5 Å². The second-order valence-electron chi connectivity index (χ2n) is 14.4. The Balaban J connectivity index is 1.34. The average molecular weight is 798 g/mol. The number of aliphatic carboxylic acids is 1. The van der Waals surface area contributed by atoms with E-state index in [-0.39, 0.29) is 45.0 Å². The molecule has 4 rings (SSSR count). The van der Waals surface area contributed by atoms with Crippen molar-refractivity contribution in [3.63, 3.8) is 0 Å². The van der Waals surface area contributed by atoms with E-state index in [0.717, 1.165) is 22.6 Å². The smallest absolute Gasteiger partial charge is 0.333 e. The van der Waals surface area contributed by atoms with E-state index in [4.69, 9.17) is 23.5 Å². The molecule has 2 saturated heterocycles. The van der Waals surface area contributed by atoms with Crippen LogP contribution in [0.2, 0.25) is 0 Å². The highest BCUT2D eigenvalue weighted by molar-refractivity contribution is 7.85. The summed E-state index contributed by atoms with van der Waals surface area (Å²) in [6, 6.07) is 3.06. The number of ether oxygens (including phenoxy) is 4. The second-order valence-corrected chi connectivity index (χ2v) is 16.0. The number of hydrogen-bond acceptors (Lipinski definition) is 14. The first-order valence-corrected chi connectivity index (χ1v) is 19.2. The van der Waals surface area contributed by atoms with Gasteiger partial charge in [0.05, 0.1) is 43.1 Å². The molecule has 0 radical (unpaired) electrons. The zero-order valence-corrected chi connectivity index (χ0v) is 31.4. The zero-order valence-electron chi connectivity index (χ0n) is 30.6. The van der Waals surface area contributed by atoms with E-state index < -0.39 is 100 Å². The van der Waals surface area contributed by atoms with Crippen LogP contribution in [-0.4, -0.2) is 142 Å². The van der Waals surface area contributed by atoms with Gasteiger partial charge in [0.1, 0.15) is 24.5 Å². The summed E-state index contributed by atoms with van der Waals surface area (Å²) in [6.07, 6.45) is -2.81. The number of aliphatic hydroxyl groups is 2. The minimum Gasteiger partial charge on any atom is -0.479 e. The summed E-state index contributed by atoms with van der Waals surface area (Å²) in [5, 5.41) is 32.9. The summed E-state index contributed by atoms with van der Waals surface area (Å²) in [4.78, 5) is 76.8. The minimum absolute atomic E-state index is 0.0484. The molecule has 3 aliphatic heterocycles. The molecule has 3 heterocycles. The normalized spacial score (nSPS) is 24.4. The van der Waals surface area contributed by atoms with Crippen LogP contribution >= 0.6 is 0 Å². The van der Waals surface area contributed by atoms with Gasteiger partial charge < -0.3 is 44.5 Å². The van der Waals surface area contributed by atoms with E-state index in [1.54, 1.807) is 39.0 Å². The first kappa shape index (κ1) is 43.3. The molecule has 3 aliphatic rings. The van der Waals surface area contributed by atoms with E-state index >= 15 is 0 Å². The molecule has 20 heteroatoms. The molecule has 1 aromatic rings. The van der Waals surface area contributed by atoms with E-state index in [1.165, 1.54) is 4.90 Å².